The largest absolute Gasteiger partial charge is 0.481 e. The third-order valence-corrected chi connectivity index (χ3v) is 8.95. The van der Waals surface area contributed by atoms with Crippen molar-refractivity contribution >= 4 is 5.97 Å². The molecule has 5 saturated carbocycles. The van der Waals surface area contributed by atoms with Gasteiger partial charge in [0.15, 0.2) is 0 Å². The molecule has 0 aromatic carbocycles. The summed E-state index contributed by atoms with van der Waals surface area (Å²) in [5, 5.41) is 32.9. The number of aliphatic hydroxyl groups is 2. The van der Waals surface area contributed by atoms with E-state index in [1.54, 1.807) is 0 Å². The molecule has 0 unspecified atom stereocenters. The van der Waals surface area contributed by atoms with Crippen LogP contribution in [0.1, 0.15) is 65.2 Å². The summed E-state index contributed by atoms with van der Waals surface area (Å²) < 4.78 is 0. The van der Waals surface area contributed by atoms with Gasteiger partial charge in [-0.3, -0.25) is 4.79 Å². The van der Waals surface area contributed by atoms with E-state index in [0.717, 1.165) is 37.7 Å². The maximum atomic E-state index is 12.1. The van der Waals surface area contributed by atoms with Gasteiger partial charge in [0.1, 0.15) is 0 Å². The summed E-state index contributed by atoms with van der Waals surface area (Å²) in [6.45, 7) is 8.10. The summed E-state index contributed by atoms with van der Waals surface area (Å²) in [4.78, 5) is 12.1. The van der Waals surface area contributed by atoms with Crippen molar-refractivity contribution in [1.29, 1.82) is 0 Å². The lowest BCUT2D eigenvalue weighted by Gasteiger charge is -2.72. The third kappa shape index (κ3) is 1.56. The Labute approximate surface area is 144 Å². The van der Waals surface area contributed by atoms with E-state index in [2.05, 4.69) is 13.5 Å². The molecular weight excluding hydrogens is 304 g/mol. The second kappa shape index (κ2) is 4.64. The van der Waals surface area contributed by atoms with Crippen LogP contribution in [0.5, 0.6) is 0 Å². The number of carboxylic acid groups (broad SMARTS) is 1. The van der Waals surface area contributed by atoms with Crippen molar-refractivity contribution in [3.05, 3.63) is 12.2 Å². The Morgan fingerprint density at radius 2 is 1.83 bits per heavy atom. The van der Waals surface area contributed by atoms with Crippen molar-refractivity contribution in [3.8, 4) is 0 Å². The molecule has 5 fully saturated rings. The molecule has 7 atom stereocenters. The van der Waals surface area contributed by atoms with Crippen molar-refractivity contribution in [2.45, 2.75) is 76.9 Å². The predicted molar refractivity (Wildman–Crippen MR) is 90.3 cm³/mol. The summed E-state index contributed by atoms with van der Waals surface area (Å²) in [5.74, 6) is -0.601. The van der Waals surface area contributed by atoms with Crippen LogP contribution in [-0.4, -0.2) is 33.0 Å². The molecule has 0 amide bonds. The first-order chi connectivity index (χ1) is 11.1. The van der Waals surface area contributed by atoms with Crippen molar-refractivity contribution in [3.63, 3.8) is 0 Å². The van der Waals surface area contributed by atoms with Crippen molar-refractivity contribution in [2.24, 2.45) is 28.1 Å². The van der Waals surface area contributed by atoms with Gasteiger partial charge in [-0.15, -0.1) is 0 Å². The molecule has 0 heterocycles. The molecule has 5 aliphatic rings. The minimum absolute atomic E-state index is 0.0355. The molecule has 134 valence electrons. The summed E-state index contributed by atoms with van der Waals surface area (Å²) >= 11 is 0. The zero-order chi connectivity index (χ0) is 17.5. The van der Waals surface area contributed by atoms with Crippen LogP contribution in [0.2, 0.25) is 0 Å². The number of carboxylic acids is 1. The highest BCUT2D eigenvalue weighted by molar-refractivity contribution is 5.75. The molecule has 24 heavy (non-hydrogen) atoms. The maximum Gasteiger partial charge on any atom is 0.309 e. The number of aliphatic carboxylic acids is 1. The fraction of sp³-hybridized carbons (Fsp3) is 0.850. The summed E-state index contributed by atoms with van der Waals surface area (Å²) in [6, 6.07) is 0. The van der Waals surface area contributed by atoms with Gasteiger partial charge in [-0.05, 0) is 69.3 Å². The predicted octanol–water partition coefficient (Wildman–Crippen LogP) is 3.13. The van der Waals surface area contributed by atoms with Gasteiger partial charge in [-0.1, -0.05) is 19.9 Å². The first-order valence-corrected chi connectivity index (χ1v) is 9.45. The highest BCUT2D eigenvalue weighted by Gasteiger charge is 2.74. The van der Waals surface area contributed by atoms with E-state index in [1.165, 1.54) is 0 Å². The van der Waals surface area contributed by atoms with Crippen molar-refractivity contribution in [1.82, 2.24) is 0 Å². The smallest absolute Gasteiger partial charge is 0.309 e. The molecule has 5 aliphatic carbocycles. The molecular formula is C20H30O4. The van der Waals surface area contributed by atoms with Gasteiger partial charge in [0.05, 0.1) is 17.1 Å². The molecule has 3 N–H and O–H groups in total. The minimum atomic E-state index is -0.983. The SMILES string of the molecule is C=C1[C@H]2CC[C@@]3(CC[C@@H]4[C@](C)(C(=O)O)CCC[C@@]4(C)[C@]3(O)C2)[C@@H]1O. The van der Waals surface area contributed by atoms with Gasteiger partial charge < -0.3 is 15.3 Å². The van der Waals surface area contributed by atoms with Gasteiger partial charge in [0, 0.05) is 10.8 Å². The highest BCUT2D eigenvalue weighted by Crippen LogP contribution is 2.73. The molecule has 0 aromatic heterocycles. The highest BCUT2D eigenvalue weighted by atomic mass is 16.4. The molecule has 2 bridgehead atoms. The van der Waals surface area contributed by atoms with Crippen molar-refractivity contribution < 1.29 is 20.1 Å². The molecule has 4 nitrogen and oxygen atoms in total. The topological polar surface area (TPSA) is 77.8 Å². The van der Waals surface area contributed by atoms with Gasteiger partial charge in [0.2, 0.25) is 0 Å². The Balaban J connectivity index is 1.85. The molecule has 4 heteroatoms. The van der Waals surface area contributed by atoms with E-state index < -0.39 is 33.9 Å². The van der Waals surface area contributed by atoms with Crippen LogP contribution in [-0.2, 0) is 4.79 Å². The number of hydrogen-bond donors (Lipinski definition) is 3. The van der Waals surface area contributed by atoms with Crippen LogP contribution in [0.4, 0.5) is 0 Å². The van der Waals surface area contributed by atoms with E-state index >= 15 is 0 Å². The zero-order valence-electron chi connectivity index (χ0n) is 14.8. The summed E-state index contributed by atoms with van der Waals surface area (Å²) in [6.07, 6.45) is 5.67. The monoisotopic (exact) mass is 334 g/mol. The first kappa shape index (κ1) is 16.6. The van der Waals surface area contributed by atoms with Crippen LogP contribution < -0.4 is 0 Å². The van der Waals surface area contributed by atoms with Crippen LogP contribution in [0, 0.1) is 28.1 Å². The molecule has 0 aliphatic heterocycles. The molecule has 5 rings (SSSR count). The summed E-state index contributed by atoms with van der Waals surface area (Å²) in [5.41, 5.74) is -1.84. The van der Waals surface area contributed by atoms with Gasteiger partial charge in [0.25, 0.3) is 0 Å². The van der Waals surface area contributed by atoms with E-state index in [0.29, 0.717) is 19.3 Å². The average molecular weight is 334 g/mol. The first-order valence-electron chi connectivity index (χ1n) is 9.45. The standard InChI is InChI=1S/C20H30O4/c1-12-13-5-9-19(15(12)21)10-6-14-17(2,16(22)23)7-4-8-18(14,3)20(19,24)11-13/h13-15,21,24H,1,4-11H2,2-3H3,(H,22,23)/t13-,14+,15+,17+,18+,19+,20+/m0/s1. The second-order valence-electron chi connectivity index (χ2n) is 9.52. The van der Waals surface area contributed by atoms with E-state index in [9.17, 15) is 20.1 Å². The van der Waals surface area contributed by atoms with E-state index in [-0.39, 0.29) is 11.8 Å². The Morgan fingerprint density at radius 1 is 1.17 bits per heavy atom. The fourth-order valence-electron chi connectivity index (χ4n) is 7.49. The second-order valence-corrected chi connectivity index (χ2v) is 9.52. The van der Waals surface area contributed by atoms with Gasteiger partial charge in [-0.2, -0.15) is 0 Å². The molecule has 0 aromatic rings. The maximum absolute atomic E-state index is 12.1. The van der Waals surface area contributed by atoms with Crippen LogP contribution in [0.15, 0.2) is 12.2 Å². The normalized spacial score (nSPS) is 56.5. The number of rotatable bonds is 1. The van der Waals surface area contributed by atoms with Crippen LogP contribution in [0.3, 0.4) is 0 Å². The van der Waals surface area contributed by atoms with Crippen molar-refractivity contribution in [2.75, 3.05) is 0 Å². The van der Waals surface area contributed by atoms with E-state index in [1.807, 2.05) is 6.92 Å². The van der Waals surface area contributed by atoms with Crippen LogP contribution in [0.25, 0.3) is 0 Å². The minimum Gasteiger partial charge on any atom is -0.481 e. The number of aliphatic hydroxyl groups excluding tert-OH is 1. The lowest BCUT2D eigenvalue weighted by molar-refractivity contribution is -0.303. The number of carbonyl (C=O) groups is 1. The van der Waals surface area contributed by atoms with Gasteiger partial charge >= 0.3 is 5.97 Å². The zero-order valence-corrected chi connectivity index (χ0v) is 14.8. The Hall–Kier alpha value is -0.870. The quantitative estimate of drug-likeness (QED) is 0.644. The lowest BCUT2D eigenvalue weighted by atomic mass is 9.34. The van der Waals surface area contributed by atoms with Gasteiger partial charge in [-0.25, -0.2) is 0 Å². The Kier molecular flexibility index (Phi) is 3.21. The summed E-state index contributed by atoms with van der Waals surface area (Å²) in [7, 11) is 0. The average Bonchev–Trinajstić information content (AvgIpc) is 2.52. The Bertz CT molecular complexity index is 615. The fourth-order valence-corrected chi connectivity index (χ4v) is 7.49. The number of hydrogen-bond acceptors (Lipinski definition) is 3. The molecule has 0 saturated heterocycles. The Morgan fingerprint density at radius 3 is 2.50 bits per heavy atom. The number of fused-ring (bicyclic) bond motifs is 3. The molecule has 1 spiro atoms. The van der Waals surface area contributed by atoms with E-state index in [4.69, 9.17) is 0 Å². The lowest BCUT2D eigenvalue weighted by Crippen LogP contribution is -2.75. The molecule has 0 radical (unpaired) electrons. The third-order valence-electron chi connectivity index (χ3n) is 8.95. The van der Waals surface area contributed by atoms with Crippen LogP contribution >= 0.6 is 0 Å².